The molecule has 136 valence electrons. The number of aromatic nitrogens is 2. The van der Waals surface area contributed by atoms with Gasteiger partial charge in [-0.05, 0) is 47.5 Å². The lowest BCUT2D eigenvalue weighted by molar-refractivity contribution is -0.137. The number of hydrogen-bond acceptors (Lipinski definition) is 2. The van der Waals surface area contributed by atoms with Gasteiger partial charge in [-0.25, -0.2) is 8.91 Å². The second-order valence-corrected chi connectivity index (χ2v) is 6.05. The van der Waals surface area contributed by atoms with Gasteiger partial charge in [-0.15, -0.1) is 0 Å². The molecule has 0 aliphatic heterocycles. The smallest absolute Gasteiger partial charge is 0.416 e. The number of pyridine rings is 1. The minimum atomic E-state index is -4.43. The van der Waals surface area contributed by atoms with E-state index in [-0.39, 0.29) is 11.3 Å². The Balaban J connectivity index is 1.86. The van der Waals surface area contributed by atoms with E-state index in [0.29, 0.717) is 22.2 Å². The van der Waals surface area contributed by atoms with Crippen molar-refractivity contribution < 1.29 is 22.7 Å². The molecule has 0 unspecified atom stereocenters. The van der Waals surface area contributed by atoms with Gasteiger partial charge in [0.15, 0.2) is 0 Å². The molecule has 0 saturated heterocycles. The summed E-state index contributed by atoms with van der Waals surface area (Å²) in [6.07, 6.45) is -1.36. The molecule has 27 heavy (non-hydrogen) atoms. The molecule has 0 amide bonds. The van der Waals surface area contributed by atoms with Crippen LogP contribution < -0.4 is 0 Å². The summed E-state index contributed by atoms with van der Waals surface area (Å²) < 4.78 is 54.7. The molecule has 7 heteroatoms. The van der Waals surface area contributed by atoms with Gasteiger partial charge < -0.3 is 5.11 Å². The molecule has 0 radical (unpaired) electrons. The van der Waals surface area contributed by atoms with Crippen LogP contribution in [0.3, 0.4) is 0 Å². The van der Waals surface area contributed by atoms with Crippen molar-refractivity contribution in [2.45, 2.75) is 6.18 Å². The Kier molecular flexibility index (Phi) is 3.87. The van der Waals surface area contributed by atoms with Crippen molar-refractivity contribution in [2.24, 2.45) is 0 Å². The van der Waals surface area contributed by atoms with Crippen molar-refractivity contribution in [3.05, 3.63) is 78.4 Å². The van der Waals surface area contributed by atoms with Gasteiger partial charge in [-0.3, -0.25) is 0 Å². The molecule has 0 atom stereocenters. The molecule has 4 aromatic rings. The number of fused-ring (bicyclic) bond motifs is 1. The number of phenols is 1. The number of halogens is 4. The first-order valence-corrected chi connectivity index (χ1v) is 7.97. The van der Waals surface area contributed by atoms with Crippen molar-refractivity contribution in [1.82, 2.24) is 9.61 Å². The highest BCUT2D eigenvalue weighted by molar-refractivity contribution is 5.83. The fourth-order valence-electron chi connectivity index (χ4n) is 2.97. The van der Waals surface area contributed by atoms with E-state index in [1.165, 1.54) is 28.9 Å². The van der Waals surface area contributed by atoms with Crippen molar-refractivity contribution in [3.8, 4) is 28.0 Å². The summed E-state index contributed by atoms with van der Waals surface area (Å²) in [5.74, 6) is -0.813. The van der Waals surface area contributed by atoms with Gasteiger partial charge >= 0.3 is 6.18 Å². The fraction of sp³-hybridized carbons (Fsp3) is 0.0500. The molecule has 0 aliphatic rings. The van der Waals surface area contributed by atoms with Crippen molar-refractivity contribution in [1.29, 1.82) is 0 Å². The Morgan fingerprint density at radius 1 is 0.889 bits per heavy atom. The minimum absolute atomic E-state index is 0.197. The van der Waals surface area contributed by atoms with E-state index in [1.54, 1.807) is 24.4 Å². The number of aromatic hydroxyl groups is 1. The molecular formula is C20H12F4N2O. The number of alkyl halides is 3. The number of rotatable bonds is 2. The number of benzene rings is 2. The van der Waals surface area contributed by atoms with E-state index < -0.39 is 17.6 Å². The van der Waals surface area contributed by atoms with Crippen LogP contribution in [0.5, 0.6) is 5.75 Å². The van der Waals surface area contributed by atoms with Gasteiger partial charge in [0.2, 0.25) is 0 Å². The lowest BCUT2D eigenvalue weighted by atomic mass is 10.0. The topological polar surface area (TPSA) is 37.5 Å². The summed E-state index contributed by atoms with van der Waals surface area (Å²) in [6.45, 7) is 0. The molecular weight excluding hydrogens is 360 g/mol. The highest BCUT2D eigenvalue weighted by Gasteiger charge is 2.30. The molecule has 1 N–H and O–H groups in total. The van der Waals surface area contributed by atoms with Crippen LogP contribution in [-0.4, -0.2) is 14.7 Å². The van der Waals surface area contributed by atoms with Crippen molar-refractivity contribution in [3.63, 3.8) is 0 Å². The maximum atomic E-state index is 14.2. The lowest BCUT2D eigenvalue weighted by Gasteiger charge is -2.09. The molecule has 4 rings (SSSR count). The Labute approximate surface area is 151 Å². The fourth-order valence-corrected chi connectivity index (χ4v) is 2.97. The van der Waals surface area contributed by atoms with Crippen LogP contribution in [0.1, 0.15) is 5.56 Å². The molecule has 0 bridgehead atoms. The van der Waals surface area contributed by atoms with E-state index in [2.05, 4.69) is 5.10 Å². The van der Waals surface area contributed by atoms with E-state index in [0.717, 1.165) is 18.2 Å². The van der Waals surface area contributed by atoms with E-state index in [1.807, 2.05) is 0 Å². The molecule has 0 aliphatic carbocycles. The summed E-state index contributed by atoms with van der Waals surface area (Å²) in [5.41, 5.74) is 1.46. The zero-order valence-electron chi connectivity index (χ0n) is 13.7. The highest BCUT2D eigenvalue weighted by Crippen LogP contribution is 2.34. The standard InChI is InChI=1S/C20H12F4N2O/c21-18-10-15(27)4-5-16(18)17-11-25-26-7-6-13(9-19(17)26)12-2-1-3-14(8-12)20(22,23)24/h1-11,27H. The molecule has 2 heterocycles. The molecule has 0 spiro atoms. The Morgan fingerprint density at radius 3 is 2.41 bits per heavy atom. The van der Waals surface area contributed by atoms with Crippen LogP contribution in [0.4, 0.5) is 17.6 Å². The maximum Gasteiger partial charge on any atom is 0.416 e. The molecule has 3 nitrogen and oxygen atoms in total. The normalized spacial score (nSPS) is 11.9. The molecule has 2 aromatic heterocycles. The summed E-state index contributed by atoms with van der Waals surface area (Å²) in [4.78, 5) is 0. The number of phenolic OH excluding ortho intramolecular Hbond substituents is 1. The van der Waals surface area contributed by atoms with Crippen LogP contribution in [-0.2, 0) is 6.18 Å². The molecule has 0 saturated carbocycles. The lowest BCUT2D eigenvalue weighted by Crippen LogP contribution is -2.04. The first-order valence-electron chi connectivity index (χ1n) is 7.97. The predicted octanol–water partition coefficient (Wildman–Crippen LogP) is 5.53. The SMILES string of the molecule is Oc1ccc(-c2cnn3ccc(-c4cccc(C(F)(F)F)c4)cc23)c(F)c1. The van der Waals surface area contributed by atoms with E-state index >= 15 is 0 Å². The second kappa shape index (κ2) is 6.12. The summed E-state index contributed by atoms with van der Waals surface area (Å²) >= 11 is 0. The van der Waals surface area contributed by atoms with Gasteiger partial charge in [0.1, 0.15) is 11.6 Å². The molecule has 2 aromatic carbocycles. The second-order valence-electron chi connectivity index (χ2n) is 6.05. The van der Waals surface area contributed by atoms with Gasteiger partial charge in [-0.1, -0.05) is 12.1 Å². The third-order valence-corrected chi connectivity index (χ3v) is 4.29. The third kappa shape index (κ3) is 3.12. The number of nitrogens with zero attached hydrogens (tertiary/aromatic N) is 2. The highest BCUT2D eigenvalue weighted by atomic mass is 19.4. The largest absolute Gasteiger partial charge is 0.508 e. The zero-order chi connectivity index (χ0) is 19.2. The quantitative estimate of drug-likeness (QED) is 0.470. The van der Waals surface area contributed by atoms with E-state index in [9.17, 15) is 22.7 Å². The van der Waals surface area contributed by atoms with Gasteiger partial charge in [-0.2, -0.15) is 18.3 Å². The Hall–Kier alpha value is -3.35. The minimum Gasteiger partial charge on any atom is -0.508 e. The Bertz CT molecular complexity index is 1150. The maximum absolute atomic E-state index is 14.2. The third-order valence-electron chi connectivity index (χ3n) is 4.29. The van der Waals surface area contributed by atoms with Crippen LogP contribution in [0.25, 0.3) is 27.8 Å². The van der Waals surface area contributed by atoms with Crippen LogP contribution in [0, 0.1) is 5.82 Å². The van der Waals surface area contributed by atoms with Gasteiger partial charge in [0.05, 0.1) is 17.3 Å². The molecule has 0 fully saturated rings. The van der Waals surface area contributed by atoms with Crippen molar-refractivity contribution in [2.75, 3.05) is 0 Å². The first kappa shape index (κ1) is 17.1. The first-order chi connectivity index (χ1) is 12.8. The monoisotopic (exact) mass is 372 g/mol. The average Bonchev–Trinajstić information content (AvgIpc) is 3.04. The van der Waals surface area contributed by atoms with Crippen LogP contribution in [0.2, 0.25) is 0 Å². The zero-order valence-corrected chi connectivity index (χ0v) is 13.7. The average molecular weight is 372 g/mol. The summed E-state index contributed by atoms with van der Waals surface area (Å²) in [7, 11) is 0. The summed E-state index contributed by atoms with van der Waals surface area (Å²) in [5, 5.41) is 13.5. The predicted molar refractivity (Wildman–Crippen MR) is 92.7 cm³/mol. The van der Waals surface area contributed by atoms with Crippen LogP contribution in [0.15, 0.2) is 67.0 Å². The summed E-state index contributed by atoms with van der Waals surface area (Å²) in [6, 6.07) is 12.1. The van der Waals surface area contributed by atoms with Crippen LogP contribution >= 0.6 is 0 Å². The van der Waals surface area contributed by atoms with E-state index in [4.69, 9.17) is 0 Å². The Morgan fingerprint density at radius 2 is 1.67 bits per heavy atom. The van der Waals surface area contributed by atoms with Crippen molar-refractivity contribution >= 4 is 5.52 Å². The van der Waals surface area contributed by atoms with Gasteiger partial charge in [0.25, 0.3) is 0 Å². The number of hydrogen-bond donors (Lipinski definition) is 1. The van der Waals surface area contributed by atoms with Gasteiger partial charge in [0, 0.05) is 23.4 Å².